The van der Waals surface area contributed by atoms with Crippen molar-refractivity contribution in [1.29, 1.82) is 0 Å². The van der Waals surface area contributed by atoms with Gasteiger partial charge in [0, 0.05) is 16.1 Å². The molecule has 2 unspecified atom stereocenters. The van der Waals surface area contributed by atoms with Crippen LogP contribution in [0.4, 0.5) is 10.5 Å². The lowest BCUT2D eigenvalue weighted by Crippen LogP contribution is -2.30. The van der Waals surface area contributed by atoms with Gasteiger partial charge in [-0.05, 0) is 43.7 Å². The minimum absolute atomic E-state index is 0.0280. The van der Waals surface area contributed by atoms with E-state index in [4.69, 9.17) is 0 Å². The molecule has 0 radical (unpaired) electrons. The third-order valence-corrected chi connectivity index (χ3v) is 6.72. The van der Waals surface area contributed by atoms with Crippen LogP contribution < -0.4 is 10.7 Å². The Morgan fingerprint density at radius 1 is 1.15 bits per heavy atom. The van der Waals surface area contributed by atoms with Gasteiger partial charge in [-0.3, -0.25) is 9.59 Å². The zero-order chi connectivity index (χ0) is 18.3. The zero-order valence-corrected chi connectivity index (χ0v) is 15.9. The van der Waals surface area contributed by atoms with Crippen molar-refractivity contribution in [2.45, 2.75) is 28.7 Å². The van der Waals surface area contributed by atoms with Crippen molar-refractivity contribution in [2.75, 3.05) is 5.32 Å². The van der Waals surface area contributed by atoms with Gasteiger partial charge in [0.25, 0.3) is 5.24 Å². The van der Waals surface area contributed by atoms with Crippen LogP contribution in [0.3, 0.4) is 0 Å². The second-order valence-electron chi connectivity index (χ2n) is 6.32. The van der Waals surface area contributed by atoms with Crippen LogP contribution in [-0.2, 0) is 9.54 Å². The van der Waals surface area contributed by atoms with Gasteiger partial charge < -0.3 is 5.32 Å². The molecule has 4 rings (SSSR count). The first-order chi connectivity index (χ1) is 12.5. The summed E-state index contributed by atoms with van der Waals surface area (Å²) < 4.78 is -0.721. The average molecular weight is 383 g/mol. The number of hydrogen-bond acceptors (Lipinski definition) is 5. The van der Waals surface area contributed by atoms with Crippen LogP contribution in [0, 0.1) is 0 Å². The SMILES string of the molecule is CC1SC(=O)NN=C1c1ccc2c(c1)C(C)(Sc1ccccc1)C(=O)N2. The minimum Gasteiger partial charge on any atom is -0.324 e. The highest BCUT2D eigenvalue weighted by Gasteiger charge is 2.44. The third kappa shape index (κ3) is 2.91. The smallest absolute Gasteiger partial charge is 0.299 e. The van der Waals surface area contributed by atoms with Gasteiger partial charge in [0.1, 0.15) is 4.75 Å². The summed E-state index contributed by atoms with van der Waals surface area (Å²) in [5, 5.41) is 7.01. The summed E-state index contributed by atoms with van der Waals surface area (Å²) in [5.41, 5.74) is 6.01. The molecule has 0 aliphatic carbocycles. The molecule has 2 heterocycles. The van der Waals surface area contributed by atoms with Crippen molar-refractivity contribution < 1.29 is 9.59 Å². The molecule has 0 saturated carbocycles. The maximum atomic E-state index is 12.7. The van der Waals surface area contributed by atoms with Crippen LogP contribution in [-0.4, -0.2) is 22.1 Å². The number of fused-ring (bicyclic) bond motifs is 1. The van der Waals surface area contributed by atoms with Crippen LogP contribution in [0.15, 0.2) is 58.5 Å². The molecular formula is C19H17N3O2S2. The molecule has 2 atom stereocenters. The molecule has 0 bridgehead atoms. The molecule has 2 aromatic rings. The predicted molar refractivity (Wildman–Crippen MR) is 107 cm³/mol. The van der Waals surface area contributed by atoms with Gasteiger partial charge in [0.05, 0.1) is 11.0 Å². The van der Waals surface area contributed by atoms with Gasteiger partial charge in [-0.25, -0.2) is 5.43 Å². The molecule has 2 aliphatic rings. The van der Waals surface area contributed by atoms with Crippen molar-refractivity contribution in [3.05, 3.63) is 59.7 Å². The highest BCUT2D eigenvalue weighted by atomic mass is 32.2. The lowest BCUT2D eigenvalue weighted by atomic mass is 9.97. The first-order valence-electron chi connectivity index (χ1n) is 8.22. The number of carbonyl (C=O) groups excluding carboxylic acids is 2. The van der Waals surface area contributed by atoms with Gasteiger partial charge in [-0.2, -0.15) is 5.10 Å². The summed E-state index contributed by atoms with van der Waals surface area (Å²) in [6.07, 6.45) is 0. The normalized spacial score (nSPS) is 24.5. The van der Waals surface area contributed by atoms with Crippen molar-refractivity contribution in [2.24, 2.45) is 5.10 Å². The topological polar surface area (TPSA) is 70.6 Å². The van der Waals surface area contributed by atoms with Gasteiger partial charge in [0.2, 0.25) is 5.91 Å². The van der Waals surface area contributed by atoms with Gasteiger partial charge in [-0.1, -0.05) is 36.0 Å². The lowest BCUT2D eigenvalue weighted by molar-refractivity contribution is -0.117. The number of nitrogens with one attached hydrogen (secondary N) is 2. The number of carbonyl (C=O) groups is 2. The molecule has 7 heteroatoms. The molecule has 2 N–H and O–H groups in total. The maximum absolute atomic E-state index is 12.7. The van der Waals surface area contributed by atoms with Crippen molar-refractivity contribution in [3.63, 3.8) is 0 Å². The van der Waals surface area contributed by atoms with E-state index in [0.717, 1.165) is 27.4 Å². The number of nitrogens with zero attached hydrogens (tertiary/aromatic N) is 1. The van der Waals surface area contributed by atoms with Crippen molar-refractivity contribution in [3.8, 4) is 0 Å². The van der Waals surface area contributed by atoms with Crippen molar-refractivity contribution >= 4 is 46.1 Å². The van der Waals surface area contributed by atoms with E-state index in [2.05, 4.69) is 15.8 Å². The fourth-order valence-corrected chi connectivity index (χ4v) is 5.04. The van der Waals surface area contributed by atoms with E-state index in [-0.39, 0.29) is 16.4 Å². The highest BCUT2D eigenvalue weighted by Crippen LogP contribution is 2.49. The molecule has 132 valence electrons. The monoisotopic (exact) mass is 383 g/mol. The molecule has 5 nitrogen and oxygen atoms in total. The molecular weight excluding hydrogens is 366 g/mol. The molecule has 0 spiro atoms. The van der Waals surface area contributed by atoms with E-state index in [1.54, 1.807) is 0 Å². The van der Waals surface area contributed by atoms with Crippen LogP contribution in [0.5, 0.6) is 0 Å². The number of anilines is 1. The Balaban J connectivity index is 1.74. The predicted octanol–water partition coefficient (Wildman–Crippen LogP) is 4.20. The molecule has 0 fully saturated rings. The van der Waals surface area contributed by atoms with E-state index in [0.29, 0.717) is 0 Å². The summed E-state index contributed by atoms with van der Waals surface area (Å²) >= 11 is 2.75. The summed E-state index contributed by atoms with van der Waals surface area (Å²) in [6.45, 7) is 3.90. The Morgan fingerprint density at radius 3 is 2.65 bits per heavy atom. The maximum Gasteiger partial charge on any atom is 0.299 e. The van der Waals surface area contributed by atoms with E-state index in [1.165, 1.54) is 23.5 Å². The standard InChI is InChI=1S/C19H17N3O2S2/c1-11-16(21-22-18(24)25-11)12-8-9-15-14(10-12)19(2,17(23)20-15)26-13-6-4-3-5-7-13/h3-11H,1-2H3,(H,20,23)(H,22,24). The van der Waals surface area contributed by atoms with E-state index in [9.17, 15) is 9.59 Å². The summed E-state index contributed by atoms with van der Waals surface area (Å²) in [4.78, 5) is 25.2. The number of hydrogen-bond donors (Lipinski definition) is 2. The zero-order valence-electron chi connectivity index (χ0n) is 14.3. The van der Waals surface area contributed by atoms with Crippen LogP contribution in [0.1, 0.15) is 25.0 Å². The first-order valence-corrected chi connectivity index (χ1v) is 9.91. The largest absolute Gasteiger partial charge is 0.324 e. The Morgan fingerprint density at radius 2 is 1.92 bits per heavy atom. The second-order valence-corrected chi connectivity index (χ2v) is 9.12. The number of hydrazone groups is 1. The first kappa shape index (κ1) is 17.2. The van der Waals surface area contributed by atoms with Crippen LogP contribution in [0.2, 0.25) is 0 Å². The highest BCUT2D eigenvalue weighted by molar-refractivity contribution is 8.14. The van der Waals surface area contributed by atoms with Gasteiger partial charge in [0.15, 0.2) is 0 Å². The fraction of sp³-hybridized carbons (Fsp3) is 0.211. The number of thioether (sulfide) groups is 2. The molecule has 2 amide bonds. The Bertz CT molecular complexity index is 930. The van der Waals surface area contributed by atoms with Crippen LogP contribution >= 0.6 is 23.5 Å². The summed E-state index contributed by atoms with van der Waals surface area (Å²) in [7, 11) is 0. The third-order valence-electron chi connectivity index (χ3n) is 4.51. The number of rotatable bonds is 3. The average Bonchev–Trinajstić information content (AvgIpc) is 2.86. The quantitative estimate of drug-likeness (QED) is 0.834. The van der Waals surface area contributed by atoms with E-state index in [1.807, 2.05) is 62.4 Å². The van der Waals surface area contributed by atoms with Crippen molar-refractivity contribution in [1.82, 2.24) is 5.43 Å². The van der Waals surface area contributed by atoms with Gasteiger partial charge in [-0.15, -0.1) is 11.8 Å². The van der Waals surface area contributed by atoms with E-state index < -0.39 is 4.75 Å². The Hall–Kier alpha value is -2.25. The molecule has 2 aliphatic heterocycles. The van der Waals surface area contributed by atoms with E-state index >= 15 is 0 Å². The second kappa shape index (κ2) is 6.48. The Labute approximate surface area is 160 Å². The minimum atomic E-state index is -0.721. The number of benzene rings is 2. The molecule has 0 saturated heterocycles. The lowest BCUT2D eigenvalue weighted by Gasteiger charge is -2.23. The Kier molecular flexibility index (Phi) is 4.28. The van der Waals surface area contributed by atoms with Gasteiger partial charge >= 0.3 is 0 Å². The summed E-state index contributed by atoms with van der Waals surface area (Å²) in [6, 6.07) is 15.8. The fourth-order valence-electron chi connectivity index (χ4n) is 3.14. The molecule has 0 aromatic heterocycles. The molecule has 26 heavy (non-hydrogen) atoms. The summed E-state index contributed by atoms with van der Waals surface area (Å²) in [5.74, 6) is -0.0280. The van der Waals surface area contributed by atoms with Crippen LogP contribution in [0.25, 0.3) is 0 Å². The molecule has 2 aromatic carbocycles. The number of amides is 2.